The molecule has 0 atom stereocenters. The molecule has 0 spiro atoms. The van der Waals surface area contributed by atoms with Crippen molar-refractivity contribution in [2.75, 3.05) is 32.8 Å². The van der Waals surface area contributed by atoms with Crippen LogP contribution in [0.1, 0.15) is 5.76 Å². The molecule has 0 radical (unpaired) electrons. The van der Waals surface area contributed by atoms with Gasteiger partial charge in [-0.05, 0) is 30.3 Å². The molecule has 0 saturated carbocycles. The van der Waals surface area contributed by atoms with Gasteiger partial charge in [0.25, 0.3) is 5.91 Å². The predicted octanol–water partition coefficient (Wildman–Crippen LogP) is 3.04. The van der Waals surface area contributed by atoms with Crippen LogP contribution in [-0.2, 0) is 9.53 Å². The number of rotatable bonds is 5. The van der Waals surface area contributed by atoms with E-state index in [1.165, 1.54) is 6.21 Å². The van der Waals surface area contributed by atoms with Gasteiger partial charge in [0.05, 0.1) is 31.0 Å². The number of benzene rings is 1. The van der Waals surface area contributed by atoms with Crippen LogP contribution in [-0.4, -0.2) is 49.9 Å². The highest BCUT2D eigenvalue weighted by Gasteiger charge is 2.13. The maximum atomic E-state index is 11.8. The Balaban J connectivity index is 1.55. The average Bonchev–Trinajstić information content (AvgIpc) is 3.04. The third-order valence-corrected chi connectivity index (χ3v) is 4.22. The Bertz CT molecular complexity index is 770. The van der Waals surface area contributed by atoms with E-state index in [0.29, 0.717) is 41.3 Å². The van der Waals surface area contributed by atoms with Gasteiger partial charge in [-0.1, -0.05) is 23.2 Å². The van der Waals surface area contributed by atoms with E-state index in [0.717, 1.165) is 18.7 Å². The standard InChI is InChI=1S/C17H17Cl2N3O3/c18-12-1-3-14(15(19)9-12)16-4-2-13(25-16)10-20-21-17(23)11-22-5-7-24-8-6-22/h1-4,9-10H,5-8,11H2,(H,21,23)/b20-10+. The van der Waals surface area contributed by atoms with Gasteiger partial charge in [-0.3, -0.25) is 9.69 Å². The molecule has 2 aromatic rings. The molecule has 8 heteroatoms. The van der Waals surface area contributed by atoms with E-state index in [4.69, 9.17) is 32.4 Å². The zero-order valence-electron chi connectivity index (χ0n) is 13.4. The number of nitrogens with one attached hydrogen (secondary N) is 1. The number of ether oxygens (including phenoxy) is 1. The molecule has 0 bridgehead atoms. The van der Waals surface area contributed by atoms with Gasteiger partial charge in [-0.25, -0.2) is 5.43 Å². The highest BCUT2D eigenvalue weighted by Crippen LogP contribution is 2.31. The first-order valence-corrected chi connectivity index (χ1v) is 8.55. The average molecular weight is 382 g/mol. The molecule has 1 aromatic carbocycles. The smallest absolute Gasteiger partial charge is 0.254 e. The first-order valence-electron chi connectivity index (χ1n) is 7.79. The van der Waals surface area contributed by atoms with Crippen molar-refractivity contribution in [3.05, 3.63) is 46.1 Å². The monoisotopic (exact) mass is 381 g/mol. The molecule has 1 aliphatic rings. The van der Waals surface area contributed by atoms with Gasteiger partial charge in [-0.2, -0.15) is 5.10 Å². The number of halogens is 2. The van der Waals surface area contributed by atoms with Crippen LogP contribution < -0.4 is 5.43 Å². The number of hydrogen-bond acceptors (Lipinski definition) is 5. The summed E-state index contributed by atoms with van der Waals surface area (Å²) in [6, 6.07) is 8.71. The van der Waals surface area contributed by atoms with Crippen LogP contribution in [0.4, 0.5) is 0 Å². The van der Waals surface area contributed by atoms with Crippen molar-refractivity contribution in [3.8, 4) is 11.3 Å². The second kappa shape index (κ2) is 8.49. The van der Waals surface area contributed by atoms with E-state index in [-0.39, 0.29) is 5.91 Å². The van der Waals surface area contributed by atoms with Crippen LogP contribution in [0.3, 0.4) is 0 Å². The summed E-state index contributed by atoms with van der Waals surface area (Å²) in [6.07, 6.45) is 1.45. The molecular weight excluding hydrogens is 365 g/mol. The van der Waals surface area contributed by atoms with Crippen LogP contribution >= 0.6 is 23.2 Å². The van der Waals surface area contributed by atoms with Crippen LogP contribution in [0, 0.1) is 0 Å². The van der Waals surface area contributed by atoms with Crippen molar-refractivity contribution in [1.29, 1.82) is 0 Å². The molecule has 3 rings (SSSR count). The largest absolute Gasteiger partial charge is 0.455 e. The summed E-state index contributed by atoms with van der Waals surface area (Å²) in [4.78, 5) is 13.9. The van der Waals surface area contributed by atoms with Gasteiger partial charge >= 0.3 is 0 Å². The Hall–Kier alpha value is -1.86. The molecule has 2 heterocycles. The lowest BCUT2D eigenvalue weighted by atomic mass is 10.2. The Kier molecular flexibility index (Phi) is 6.09. The Labute approximate surface area is 155 Å². The second-order valence-electron chi connectivity index (χ2n) is 5.51. The molecule has 1 aromatic heterocycles. The third kappa shape index (κ3) is 5.06. The molecule has 6 nitrogen and oxygen atoms in total. The van der Waals surface area contributed by atoms with Crippen LogP contribution in [0.5, 0.6) is 0 Å². The summed E-state index contributed by atoms with van der Waals surface area (Å²) in [7, 11) is 0. The lowest BCUT2D eigenvalue weighted by Gasteiger charge is -2.25. The number of amides is 1. The number of morpholine rings is 1. The normalized spacial score (nSPS) is 15.6. The van der Waals surface area contributed by atoms with E-state index in [1.54, 1.807) is 30.3 Å². The minimum absolute atomic E-state index is 0.175. The van der Waals surface area contributed by atoms with Gasteiger partial charge in [-0.15, -0.1) is 0 Å². The van der Waals surface area contributed by atoms with Crippen LogP contribution in [0.15, 0.2) is 39.9 Å². The van der Waals surface area contributed by atoms with Crippen molar-refractivity contribution >= 4 is 35.3 Å². The lowest BCUT2D eigenvalue weighted by Crippen LogP contribution is -2.42. The minimum atomic E-state index is -0.175. The van der Waals surface area contributed by atoms with Crippen LogP contribution in [0.25, 0.3) is 11.3 Å². The quantitative estimate of drug-likeness (QED) is 0.638. The van der Waals surface area contributed by atoms with Crippen molar-refractivity contribution in [1.82, 2.24) is 10.3 Å². The molecule has 25 heavy (non-hydrogen) atoms. The first kappa shape index (κ1) is 17.9. The van der Waals surface area contributed by atoms with Gasteiger partial charge in [0.1, 0.15) is 11.5 Å². The fourth-order valence-electron chi connectivity index (χ4n) is 2.42. The molecule has 132 valence electrons. The minimum Gasteiger partial charge on any atom is -0.455 e. The molecular formula is C17H17Cl2N3O3. The summed E-state index contributed by atoms with van der Waals surface area (Å²) in [5.41, 5.74) is 3.23. The topological polar surface area (TPSA) is 67.1 Å². The SMILES string of the molecule is O=C(CN1CCOCC1)N/N=C/c1ccc(-c2ccc(Cl)cc2Cl)o1. The van der Waals surface area contributed by atoms with Gasteiger partial charge < -0.3 is 9.15 Å². The summed E-state index contributed by atoms with van der Waals surface area (Å²) >= 11 is 12.1. The summed E-state index contributed by atoms with van der Waals surface area (Å²) in [6.45, 7) is 3.10. The molecule has 1 N–H and O–H groups in total. The molecule has 1 aliphatic heterocycles. The van der Waals surface area contributed by atoms with E-state index in [2.05, 4.69) is 10.5 Å². The number of carbonyl (C=O) groups excluding carboxylic acids is 1. The Morgan fingerprint density at radius 2 is 2.04 bits per heavy atom. The molecule has 0 aliphatic carbocycles. The van der Waals surface area contributed by atoms with Crippen molar-refractivity contribution in [2.24, 2.45) is 5.10 Å². The number of carbonyl (C=O) groups is 1. The van der Waals surface area contributed by atoms with E-state index in [9.17, 15) is 4.79 Å². The summed E-state index contributed by atoms with van der Waals surface area (Å²) < 4.78 is 10.9. The summed E-state index contributed by atoms with van der Waals surface area (Å²) in [5.74, 6) is 0.932. The highest BCUT2D eigenvalue weighted by molar-refractivity contribution is 6.36. The fourth-order valence-corrected chi connectivity index (χ4v) is 2.92. The number of furan rings is 1. The second-order valence-corrected chi connectivity index (χ2v) is 6.35. The van der Waals surface area contributed by atoms with Gasteiger partial charge in [0.2, 0.25) is 0 Å². The maximum absolute atomic E-state index is 11.8. The van der Waals surface area contributed by atoms with E-state index >= 15 is 0 Å². The Morgan fingerprint density at radius 1 is 1.24 bits per heavy atom. The van der Waals surface area contributed by atoms with Crippen molar-refractivity contribution in [3.63, 3.8) is 0 Å². The molecule has 1 amide bonds. The number of nitrogens with zero attached hydrogens (tertiary/aromatic N) is 2. The van der Waals surface area contributed by atoms with Crippen molar-refractivity contribution < 1.29 is 13.9 Å². The van der Waals surface area contributed by atoms with Crippen LogP contribution in [0.2, 0.25) is 10.0 Å². The maximum Gasteiger partial charge on any atom is 0.254 e. The van der Waals surface area contributed by atoms with Gasteiger partial charge in [0.15, 0.2) is 0 Å². The summed E-state index contributed by atoms with van der Waals surface area (Å²) in [5, 5.41) is 4.98. The number of hydrazone groups is 1. The fraction of sp³-hybridized carbons (Fsp3) is 0.294. The molecule has 0 unspecified atom stereocenters. The third-order valence-electron chi connectivity index (χ3n) is 3.68. The van der Waals surface area contributed by atoms with E-state index < -0.39 is 0 Å². The number of hydrogen-bond donors (Lipinski definition) is 1. The zero-order valence-corrected chi connectivity index (χ0v) is 14.9. The zero-order chi connectivity index (χ0) is 17.6. The predicted molar refractivity (Wildman–Crippen MR) is 97.2 cm³/mol. The molecule has 1 saturated heterocycles. The molecule has 1 fully saturated rings. The lowest BCUT2D eigenvalue weighted by molar-refractivity contribution is -0.123. The highest BCUT2D eigenvalue weighted by atomic mass is 35.5. The van der Waals surface area contributed by atoms with E-state index in [1.807, 2.05) is 4.90 Å². The van der Waals surface area contributed by atoms with Gasteiger partial charge in [0, 0.05) is 23.7 Å². The first-order chi connectivity index (χ1) is 12.1. The Morgan fingerprint density at radius 3 is 2.80 bits per heavy atom. The van der Waals surface area contributed by atoms with Crippen molar-refractivity contribution in [2.45, 2.75) is 0 Å².